The van der Waals surface area contributed by atoms with Gasteiger partial charge in [-0.3, -0.25) is 14.2 Å². The van der Waals surface area contributed by atoms with Gasteiger partial charge in [0.15, 0.2) is 5.58 Å². The Morgan fingerprint density at radius 3 is 2.80 bits per heavy atom. The summed E-state index contributed by atoms with van der Waals surface area (Å²) in [5.74, 6) is -1.15. The quantitative estimate of drug-likeness (QED) is 0.812. The summed E-state index contributed by atoms with van der Waals surface area (Å²) in [5.41, 5.74) is 6.93. The summed E-state index contributed by atoms with van der Waals surface area (Å²) in [6, 6.07) is 6.01. The van der Waals surface area contributed by atoms with E-state index in [1.54, 1.807) is 24.3 Å². The Hall–Kier alpha value is -2.61. The third-order valence-corrected chi connectivity index (χ3v) is 4.25. The summed E-state index contributed by atoms with van der Waals surface area (Å²) >= 11 is 0. The Morgan fingerprint density at radius 1 is 1.36 bits per heavy atom. The summed E-state index contributed by atoms with van der Waals surface area (Å²) in [6.45, 7) is 3.82. The third kappa shape index (κ3) is 3.43. The van der Waals surface area contributed by atoms with Gasteiger partial charge in [-0.15, -0.1) is 0 Å². The van der Waals surface area contributed by atoms with Crippen molar-refractivity contribution in [1.82, 2.24) is 14.8 Å². The number of oxazole rings is 1. The van der Waals surface area contributed by atoms with Crippen LogP contribution in [0.2, 0.25) is 0 Å². The number of likely N-dealkylation sites (tertiary alicyclic amines) is 1. The van der Waals surface area contributed by atoms with Crippen LogP contribution in [0.5, 0.6) is 0 Å². The van der Waals surface area contributed by atoms with Crippen LogP contribution in [0.3, 0.4) is 0 Å². The molecular weight excluding hydrogens is 324 g/mol. The molecule has 2 atom stereocenters. The van der Waals surface area contributed by atoms with Crippen molar-refractivity contribution >= 4 is 22.9 Å². The van der Waals surface area contributed by atoms with Crippen molar-refractivity contribution in [2.75, 3.05) is 6.54 Å². The third-order valence-electron chi connectivity index (χ3n) is 4.25. The Labute approximate surface area is 144 Å². The number of amides is 2. The van der Waals surface area contributed by atoms with Gasteiger partial charge in [0.2, 0.25) is 11.8 Å². The number of aromatic nitrogens is 1. The van der Waals surface area contributed by atoms with Crippen LogP contribution in [0.25, 0.3) is 11.1 Å². The molecule has 25 heavy (non-hydrogen) atoms. The molecule has 1 saturated heterocycles. The molecular formula is C17H22N4O4. The normalized spacial score (nSPS) is 20.4. The summed E-state index contributed by atoms with van der Waals surface area (Å²) in [4.78, 5) is 38.6. The fraction of sp³-hybridized carbons (Fsp3) is 0.471. The molecule has 1 aromatic carbocycles. The molecule has 1 fully saturated rings. The summed E-state index contributed by atoms with van der Waals surface area (Å²) in [5, 5.41) is 2.81. The van der Waals surface area contributed by atoms with Gasteiger partial charge in [-0.1, -0.05) is 12.1 Å². The van der Waals surface area contributed by atoms with Crippen LogP contribution < -0.4 is 16.8 Å². The summed E-state index contributed by atoms with van der Waals surface area (Å²) in [7, 11) is 0. The number of hydrogen-bond donors (Lipinski definition) is 2. The lowest BCUT2D eigenvalue weighted by Crippen LogP contribution is -2.48. The van der Waals surface area contributed by atoms with Crippen molar-refractivity contribution in [3.63, 3.8) is 0 Å². The molecule has 2 amide bonds. The van der Waals surface area contributed by atoms with E-state index in [-0.39, 0.29) is 30.4 Å². The first kappa shape index (κ1) is 17.2. The van der Waals surface area contributed by atoms with E-state index in [1.807, 2.05) is 13.8 Å². The van der Waals surface area contributed by atoms with Crippen LogP contribution in [0, 0.1) is 0 Å². The Kier molecular flexibility index (Phi) is 4.63. The number of para-hydroxylation sites is 2. The van der Waals surface area contributed by atoms with E-state index in [0.717, 1.165) is 0 Å². The largest absolute Gasteiger partial charge is 0.420 e. The number of hydrogen-bond acceptors (Lipinski definition) is 5. The molecule has 0 saturated carbocycles. The number of nitrogens with one attached hydrogen (secondary N) is 1. The van der Waals surface area contributed by atoms with Gasteiger partial charge < -0.3 is 20.4 Å². The van der Waals surface area contributed by atoms with Gasteiger partial charge >= 0.3 is 5.76 Å². The lowest BCUT2D eigenvalue weighted by molar-refractivity contribution is -0.139. The smallest absolute Gasteiger partial charge is 0.408 e. The average molecular weight is 346 g/mol. The zero-order valence-corrected chi connectivity index (χ0v) is 14.3. The van der Waals surface area contributed by atoms with Crippen LogP contribution in [0.1, 0.15) is 20.3 Å². The molecule has 0 spiro atoms. The maximum atomic E-state index is 12.7. The topological polar surface area (TPSA) is 111 Å². The highest BCUT2D eigenvalue weighted by molar-refractivity contribution is 5.89. The Bertz CT molecular complexity index is 854. The second kappa shape index (κ2) is 6.72. The molecule has 8 nitrogen and oxygen atoms in total. The second-order valence-corrected chi connectivity index (χ2v) is 6.64. The van der Waals surface area contributed by atoms with Crippen LogP contribution in [0.15, 0.2) is 33.5 Å². The molecule has 0 aliphatic carbocycles. The number of nitrogens with two attached hydrogens (primary N) is 1. The minimum absolute atomic E-state index is 0.0262. The first-order chi connectivity index (χ1) is 11.9. The monoisotopic (exact) mass is 346 g/mol. The highest BCUT2D eigenvalue weighted by Crippen LogP contribution is 2.19. The number of carbonyl (C=O) groups excluding carboxylic acids is 2. The minimum Gasteiger partial charge on any atom is -0.408 e. The first-order valence-electron chi connectivity index (χ1n) is 8.30. The Balaban J connectivity index is 1.82. The number of nitrogens with zero attached hydrogens (tertiary/aromatic N) is 2. The van der Waals surface area contributed by atoms with Crippen molar-refractivity contribution in [2.24, 2.45) is 5.73 Å². The van der Waals surface area contributed by atoms with E-state index < -0.39 is 11.8 Å². The minimum atomic E-state index is -0.612. The number of carbonyl (C=O) groups is 2. The summed E-state index contributed by atoms with van der Waals surface area (Å²) < 4.78 is 6.42. The van der Waals surface area contributed by atoms with E-state index in [9.17, 15) is 14.4 Å². The molecule has 2 heterocycles. The highest BCUT2D eigenvalue weighted by Gasteiger charge is 2.38. The predicted molar refractivity (Wildman–Crippen MR) is 91.8 cm³/mol. The maximum absolute atomic E-state index is 12.7. The molecule has 2 aromatic rings. The SMILES string of the molecule is CC(C)NC(=O)[C@@H]1C[C@@H](N)CN1C(=O)Cn1c(=O)oc2ccccc21. The fourth-order valence-electron chi connectivity index (χ4n) is 3.16. The molecule has 1 aliphatic rings. The van der Waals surface area contributed by atoms with E-state index >= 15 is 0 Å². The van der Waals surface area contributed by atoms with Crippen molar-refractivity contribution in [2.45, 2.75) is 44.9 Å². The van der Waals surface area contributed by atoms with Crippen LogP contribution in [0.4, 0.5) is 0 Å². The van der Waals surface area contributed by atoms with E-state index in [4.69, 9.17) is 10.2 Å². The maximum Gasteiger partial charge on any atom is 0.420 e. The summed E-state index contributed by atoms with van der Waals surface area (Å²) in [6.07, 6.45) is 0.408. The number of rotatable bonds is 4. The van der Waals surface area contributed by atoms with Gasteiger partial charge in [0.05, 0.1) is 5.52 Å². The van der Waals surface area contributed by atoms with Gasteiger partial charge in [-0.2, -0.15) is 0 Å². The van der Waals surface area contributed by atoms with Gasteiger partial charge in [0, 0.05) is 18.6 Å². The molecule has 0 bridgehead atoms. The van der Waals surface area contributed by atoms with Crippen molar-refractivity contribution < 1.29 is 14.0 Å². The Morgan fingerprint density at radius 2 is 2.08 bits per heavy atom. The second-order valence-electron chi connectivity index (χ2n) is 6.64. The van der Waals surface area contributed by atoms with Gasteiger partial charge in [-0.05, 0) is 32.4 Å². The molecule has 8 heteroatoms. The standard InChI is InChI=1S/C17H22N4O4/c1-10(2)19-16(23)13-7-11(18)8-20(13)15(22)9-21-12-5-3-4-6-14(12)25-17(21)24/h3-6,10-11,13H,7-9,18H2,1-2H3,(H,19,23)/t11-,13+/m1/s1. The molecule has 1 aromatic heterocycles. The lowest BCUT2D eigenvalue weighted by Gasteiger charge is -2.24. The lowest BCUT2D eigenvalue weighted by atomic mass is 10.1. The molecule has 3 N–H and O–H groups in total. The zero-order valence-electron chi connectivity index (χ0n) is 14.3. The molecule has 0 radical (unpaired) electrons. The highest BCUT2D eigenvalue weighted by atomic mass is 16.4. The first-order valence-corrected chi connectivity index (χ1v) is 8.30. The van der Waals surface area contributed by atoms with Gasteiger partial charge in [0.1, 0.15) is 12.6 Å². The molecule has 134 valence electrons. The van der Waals surface area contributed by atoms with Gasteiger partial charge in [0.25, 0.3) is 0 Å². The van der Waals surface area contributed by atoms with Crippen LogP contribution in [-0.4, -0.2) is 46.0 Å². The van der Waals surface area contributed by atoms with Crippen molar-refractivity contribution in [3.8, 4) is 0 Å². The van der Waals surface area contributed by atoms with E-state index in [0.29, 0.717) is 24.1 Å². The van der Waals surface area contributed by atoms with Crippen LogP contribution in [-0.2, 0) is 16.1 Å². The fourth-order valence-corrected chi connectivity index (χ4v) is 3.16. The van der Waals surface area contributed by atoms with Crippen molar-refractivity contribution in [1.29, 1.82) is 0 Å². The number of fused-ring (bicyclic) bond motifs is 1. The van der Waals surface area contributed by atoms with E-state index in [2.05, 4.69) is 5.32 Å². The van der Waals surface area contributed by atoms with Crippen LogP contribution >= 0.6 is 0 Å². The molecule has 0 unspecified atom stereocenters. The number of benzene rings is 1. The average Bonchev–Trinajstić information content (AvgIpc) is 3.08. The molecule has 1 aliphatic heterocycles. The van der Waals surface area contributed by atoms with E-state index in [1.165, 1.54) is 9.47 Å². The predicted octanol–water partition coefficient (Wildman–Crippen LogP) is 0.0473. The molecule has 3 rings (SSSR count). The van der Waals surface area contributed by atoms with Gasteiger partial charge in [-0.25, -0.2) is 4.79 Å². The van der Waals surface area contributed by atoms with Crippen molar-refractivity contribution in [3.05, 3.63) is 34.8 Å². The zero-order chi connectivity index (χ0) is 18.1.